The molecule has 0 radical (unpaired) electrons. The molecular weight excluding hydrogens is 246 g/mol. The fourth-order valence-electron chi connectivity index (χ4n) is 1.62. The van der Waals surface area contributed by atoms with Crippen LogP contribution >= 0.6 is 11.3 Å². The molecule has 0 amide bonds. The van der Waals surface area contributed by atoms with Crippen LogP contribution in [0, 0.1) is 0 Å². The van der Waals surface area contributed by atoms with Gasteiger partial charge in [0.2, 0.25) is 0 Å². The van der Waals surface area contributed by atoms with E-state index >= 15 is 0 Å². The van der Waals surface area contributed by atoms with Gasteiger partial charge in [0.25, 0.3) is 0 Å². The molecule has 18 heavy (non-hydrogen) atoms. The fraction of sp³-hybridized carbons (Fsp3) is 0.0833. The second kappa shape index (κ2) is 4.97. The minimum absolute atomic E-state index is 0.684. The number of hydrogen-bond acceptors (Lipinski definition) is 5. The van der Waals surface area contributed by atoms with Crippen molar-refractivity contribution in [2.75, 3.05) is 5.32 Å². The van der Waals surface area contributed by atoms with Gasteiger partial charge in [-0.2, -0.15) is 5.10 Å². The van der Waals surface area contributed by atoms with E-state index in [9.17, 15) is 0 Å². The molecule has 0 bridgehead atoms. The molecule has 90 valence electrons. The summed E-state index contributed by atoms with van der Waals surface area (Å²) in [7, 11) is 0. The van der Waals surface area contributed by atoms with Crippen molar-refractivity contribution in [2.24, 2.45) is 0 Å². The molecule has 0 aliphatic rings. The van der Waals surface area contributed by atoms with Crippen LogP contribution in [0.3, 0.4) is 0 Å². The molecule has 0 fully saturated rings. The van der Waals surface area contributed by atoms with Crippen molar-refractivity contribution in [3.05, 3.63) is 53.4 Å². The minimum atomic E-state index is 0.684. The van der Waals surface area contributed by atoms with Gasteiger partial charge in [0.05, 0.1) is 23.4 Å². The molecule has 0 saturated carbocycles. The van der Waals surface area contributed by atoms with Crippen molar-refractivity contribution in [1.29, 1.82) is 0 Å². The van der Waals surface area contributed by atoms with Crippen molar-refractivity contribution in [2.45, 2.75) is 6.54 Å². The lowest BCUT2D eigenvalue weighted by Gasteiger charge is -2.09. The van der Waals surface area contributed by atoms with Gasteiger partial charge in [0.15, 0.2) is 5.82 Å². The lowest BCUT2D eigenvalue weighted by atomic mass is 10.3. The first-order valence-corrected chi connectivity index (χ1v) is 6.44. The molecule has 1 N–H and O–H groups in total. The topological polar surface area (TPSA) is 55.6 Å². The maximum atomic E-state index is 4.34. The van der Waals surface area contributed by atoms with E-state index in [2.05, 4.69) is 20.4 Å². The second-order valence-corrected chi connectivity index (χ2v) is 4.38. The van der Waals surface area contributed by atoms with Gasteiger partial charge < -0.3 is 5.32 Å². The van der Waals surface area contributed by atoms with Crippen LogP contribution in [0.25, 0.3) is 5.82 Å². The molecule has 0 atom stereocenters. The normalized spacial score (nSPS) is 10.4. The number of anilines is 1. The first kappa shape index (κ1) is 10.9. The van der Waals surface area contributed by atoms with E-state index in [-0.39, 0.29) is 0 Å². The number of nitrogens with zero attached hydrogens (tertiary/aromatic N) is 4. The summed E-state index contributed by atoms with van der Waals surface area (Å²) in [4.78, 5) is 8.58. The van der Waals surface area contributed by atoms with Crippen LogP contribution in [-0.2, 0) is 6.54 Å². The van der Waals surface area contributed by atoms with Gasteiger partial charge in [0.1, 0.15) is 0 Å². The first-order valence-electron chi connectivity index (χ1n) is 5.49. The van der Waals surface area contributed by atoms with Crippen LogP contribution in [-0.4, -0.2) is 19.7 Å². The monoisotopic (exact) mass is 257 g/mol. The third-order valence-corrected chi connectivity index (χ3v) is 3.09. The Morgan fingerprint density at radius 1 is 1.22 bits per heavy atom. The average Bonchev–Trinajstić information content (AvgIpc) is 3.10. The van der Waals surface area contributed by atoms with E-state index in [1.807, 2.05) is 35.3 Å². The van der Waals surface area contributed by atoms with Crippen LogP contribution in [0.1, 0.15) is 5.69 Å². The smallest absolute Gasteiger partial charge is 0.176 e. The van der Waals surface area contributed by atoms with E-state index in [0.717, 1.165) is 17.2 Å². The predicted molar refractivity (Wildman–Crippen MR) is 70.8 cm³/mol. The van der Waals surface area contributed by atoms with E-state index in [0.29, 0.717) is 6.54 Å². The first-order chi connectivity index (χ1) is 8.93. The Morgan fingerprint density at radius 2 is 2.22 bits per heavy atom. The van der Waals surface area contributed by atoms with E-state index in [4.69, 9.17) is 0 Å². The van der Waals surface area contributed by atoms with E-state index < -0.39 is 0 Å². The summed E-state index contributed by atoms with van der Waals surface area (Å²) in [6.45, 7) is 0.684. The zero-order valence-corrected chi connectivity index (χ0v) is 10.3. The standard InChI is InChI=1S/C12H11N5S/c1-3-11(14-7-10-8-18-9-15-10)12(13-4-1)17-6-2-5-16-17/h1-6,8-9,14H,7H2. The van der Waals surface area contributed by atoms with E-state index in [1.165, 1.54) is 0 Å². The summed E-state index contributed by atoms with van der Waals surface area (Å²) in [5.41, 5.74) is 3.79. The third kappa shape index (κ3) is 2.23. The predicted octanol–water partition coefficient (Wildman–Crippen LogP) is 2.34. The second-order valence-electron chi connectivity index (χ2n) is 3.66. The van der Waals surface area contributed by atoms with Crippen LogP contribution in [0.15, 0.2) is 47.7 Å². The molecule has 0 saturated heterocycles. The molecule has 3 heterocycles. The molecule has 3 aromatic heterocycles. The van der Waals surface area contributed by atoms with Crippen LogP contribution in [0.5, 0.6) is 0 Å². The minimum Gasteiger partial charge on any atom is -0.376 e. The molecular formula is C12H11N5S. The highest BCUT2D eigenvalue weighted by atomic mass is 32.1. The summed E-state index contributed by atoms with van der Waals surface area (Å²) in [5, 5.41) is 9.54. The zero-order valence-electron chi connectivity index (χ0n) is 9.52. The number of aromatic nitrogens is 4. The van der Waals surface area contributed by atoms with E-state index in [1.54, 1.807) is 28.4 Å². The molecule has 0 spiro atoms. The Labute approximate surface area is 108 Å². The van der Waals surface area contributed by atoms with Gasteiger partial charge in [-0.25, -0.2) is 14.6 Å². The van der Waals surface area contributed by atoms with Gasteiger partial charge in [-0.3, -0.25) is 0 Å². The fourth-order valence-corrected chi connectivity index (χ4v) is 2.18. The van der Waals surface area contributed by atoms with Crippen LogP contribution in [0.4, 0.5) is 5.69 Å². The van der Waals surface area contributed by atoms with Crippen molar-refractivity contribution in [1.82, 2.24) is 19.7 Å². The summed E-state index contributed by atoms with van der Waals surface area (Å²) in [6, 6.07) is 5.76. The number of thiazole rings is 1. The zero-order chi connectivity index (χ0) is 12.2. The highest BCUT2D eigenvalue weighted by Crippen LogP contribution is 2.17. The molecule has 0 unspecified atom stereocenters. The summed E-state index contributed by atoms with van der Waals surface area (Å²) in [6.07, 6.45) is 5.36. The molecule has 5 nitrogen and oxygen atoms in total. The number of rotatable bonds is 4. The number of nitrogens with one attached hydrogen (secondary N) is 1. The van der Waals surface area contributed by atoms with Crippen molar-refractivity contribution < 1.29 is 0 Å². The van der Waals surface area contributed by atoms with Gasteiger partial charge in [0, 0.05) is 24.0 Å². The molecule has 0 aliphatic carbocycles. The lowest BCUT2D eigenvalue weighted by molar-refractivity contribution is 0.845. The largest absolute Gasteiger partial charge is 0.376 e. The summed E-state index contributed by atoms with van der Waals surface area (Å²) in [5.74, 6) is 0.790. The Hall–Kier alpha value is -2.21. The Kier molecular flexibility index (Phi) is 3.01. The maximum absolute atomic E-state index is 4.34. The molecule has 0 aliphatic heterocycles. The number of hydrogen-bond donors (Lipinski definition) is 1. The third-order valence-electron chi connectivity index (χ3n) is 2.45. The van der Waals surface area contributed by atoms with Crippen molar-refractivity contribution in [3.8, 4) is 5.82 Å². The number of pyridine rings is 1. The quantitative estimate of drug-likeness (QED) is 0.779. The van der Waals surface area contributed by atoms with Crippen LogP contribution < -0.4 is 5.32 Å². The Morgan fingerprint density at radius 3 is 3.00 bits per heavy atom. The summed E-state index contributed by atoms with van der Waals surface area (Å²) >= 11 is 1.59. The maximum Gasteiger partial charge on any atom is 0.176 e. The van der Waals surface area contributed by atoms with Gasteiger partial charge >= 0.3 is 0 Å². The average molecular weight is 257 g/mol. The highest BCUT2D eigenvalue weighted by molar-refractivity contribution is 7.07. The molecule has 6 heteroatoms. The summed E-state index contributed by atoms with van der Waals surface area (Å²) < 4.78 is 1.74. The lowest BCUT2D eigenvalue weighted by Crippen LogP contribution is -2.06. The SMILES string of the molecule is c1cnc(-n2cccn2)c(NCc2cscn2)c1. The van der Waals surface area contributed by atoms with Gasteiger partial charge in [-0.05, 0) is 18.2 Å². The molecule has 3 aromatic rings. The van der Waals surface area contributed by atoms with Crippen molar-refractivity contribution >= 4 is 17.0 Å². The molecule has 0 aromatic carbocycles. The molecule has 3 rings (SSSR count). The Bertz CT molecular complexity index is 603. The van der Waals surface area contributed by atoms with Gasteiger partial charge in [-0.15, -0.1) is 11.3 Å². The Balaban J connectivity index is 1.84. The van der Waals surface area contributed by atoms with Crippen molar-refractivity contribution in [3.63, 3.8) is 0 Å². The highest BCUT2D eigenvalue weighted by Gasteiger charge is 2.05. The van der Waals surface area contributed by atoms with Gasteiger partial charge in [-0.1, -0.05) is 0 Å². The van der Waals surface area contributed by atoms with Crippen LogP contribution in [0.2, 0.25) is 0 Å².